The molecule has 0 atom stereocenters. The first-order valence-corrected chi connectivity index (χ1v) is 11.3. The number of methoxy groups -OCH3 is 1. The number of hydrogen-bond donors (Lipinski definition) is 1. The highest BCUT2D eigenvalue weighted by Gasteiger charge is 2.23. The molecule has 7 heteroatoms. The molecule has 0 unspecified atom stereocenters. The third-order valence-electron chi connectivity index (χ3n) is 4.82. The van der Waals surface area contributed by atoms with Gasteiger partial charge in [0.05, 0.1) is 13.7 Å². The zero-order valence-electron chi connectivity index (χ0n) is 18.6. The third kappa shape index (κ3) is 5.68. The first-order chi connectivity index (χ1) is 15.4. The molecule has 1 N–H and O–H groups in total. The number of carbonyl (C=O) groups excluding carboxylic acids is 2. The number of rotatable bonds is 9. The number of anilines is 1. The monoisotopic (exact) mass is 453 g/mol. The molecule has 3 aromatic rings. The topological polar surface area (TPSA) is 73.9 Å². The summed E-state index contributed by atoms with van der Waals surface area (Å²) in [4.78, 5) is 25.3. The van der Waals surface area contributed by atoms with Gasteiger partial charge >= 0.3 is 5.97 Å². The second-order valence-corrected chi connectivity index (χ2v) is 8.25. The zero-order chi connectivity index (χ0) is 23.1. The first kappa shape index (κ1) is 23.3. The Kier molecular flexibility index (Phi) is 7.89. The maximum atomic E-state index is 12.7. The molecule has 0 radical (unpaired) electrons. The van der Waals surface area contributed by atoms with Crippen LogP contribution in [-0.4, -0.2) is 32.2 Å². The molecule has 168 valence electrons. The van der Waals surface area contributed by atoms with Crippen LogP contribution in [0.2, 0.25) is 0 Å². The summed E-state index contributed by atoms with van der Waals surface area (Å²) in [6, 6.07) is 15.0. The van der Waals surface area contributed by atoms with E-state index in [-0.39, 0.29) is 19.1 Å². The number of amides is 1. The van der Waals surface area contributed by atoms with Gasteiger partial charge in [0.15, 0.2) is 6.61 Å². The van der Waals surface area contributed by atoms with E-state index in [4.69, 9.17) is 14.2 Å². The molecule has 0 aliphatic heterocycles. The van der Waals surface area contributed by atoms with Crippen LogP contribution in [0.15, 0.2) is 53.9 Å². The Morgan fingerprint density at radius 3 is 2.47 bits per heavy atom. The van der Waals surface area contributed by atoms with Crippen molar-refractivity contribution in [1.82, 2.24) is 0 Å². The molecule has 0 aliphatic carbocycles. The van der Waals surface area contributed by atoms with Gasteiger partial charge in [-0.3, -0.25) is 4.79 Å². The first-order valence-electron chi connectivity index (χ1n) is 10.4. The molecule has 1 aromatic heterocycles. The standard InChI is InChI=1S/C25H27NO5S/c1-5-30-25(28)23-21(17-9-11-19(29-4)12-10-17)15-32-24(23)26-22(27)14-31-20-8-6-7-18(13-20)16(2)3/h6-13,15-16H,5,14H2,1-4H3,(H,26,27). The smallest absolute Gasteiger partial charge is 0.341 e. The van der Waals surface area contributed by atoms with Gasteiger partial charge in [-0.2, -0.15) is 0 Å². The number of carbonyl (C=O) groups is 2. The molecular formula is C25H27NO5S. The van der Waals surface area contributed by atoms with E-state index in [0.29, 0.717) is 33.5 Å². The van der Waals surface area contributed by atoms with E-state index >= 15 is 0 Å². The second-order valence-electron chi connectivity index (χ2n) is 7.37. The van der Waals surface area contributed by atoms with E-state index < -0.39 is 5.97 Å². The second kappa shape index (κ2) is 10.8. The van der Waals surface area contributed by atoms with E-state index in [1.807, 2.05) is 53.9 Å². The number of nitrogens with one attached hydrogen (secondary N) is 1. The van der Waals surface area contributed by atoms with Gasteiger partial charge < -0.3 is 19.5 Å². The third-order valence-corrected chi connectivity index (χ3v) is 5.71. The van der Waals surface area contributed by atoms with Crippen molar-refractivity contribution in [3.05, 3.63) is 65.0 Å². The average molecular weight is 454 g/mol. The Labute approximate surface area is 192 Å². The van der Waals surface area contributed by atoms with E-state index in [1.54, 1.807) is 14.0 Å². The molecule has 32 heavy (non-hydrogen) atoms. The summed E-state index contributed by atoms with van der Waals surface area (Å²) in [7, 11) is 1.60. The highest BCUT2D eigenvalue weighted by atomic mass is 32.1. The van der Waals surface area contributed by atoms with Crippen LogP contribution in [0.4, 0.5) is 5.00 Å². The predicted molar refractivity (Wildman–Crippen MR) is 127 cm³/mol. The molecule has 0 spiro atoms. The van der Waals surface area contributed by atoms with Gasteiger partial charge in [-0.25, -0.2) is 4.79 Å². The summed E-state index contributed by atoms with van der Waals surface area (Å²) in [5, 5.41) is 5.06. The number of esters is 1. The van der Waals surface area contributed by atoms with Crippen LogP contribution in [0.1, 0.15) is 42.6 Å². The van der Waals surface area contributed by atoms with Crippen molar-refractivity contribution in [2.75, 3.05) is 25.6 Å². The van der Waals surface area contributed by atoms with Crippen LogP contribution < -0.4 is 14.8 Å². The predicted octanol–water partition coefficient (Wildman–Crippen LogP) is 5.74. The fourth-order valence-corrected chi connectivity index (χ4v) is 4.09. The molecule has 0 saturated carbocycles. The van der Waals surface area contributed by atoms with E-state index in [9.17, 15) is 9.59 Å². The lowest BCUT2D eigenvalue weighted by molar-refractivity contribution is -0.118. The molecule has 0 fully saturated rings. The van der Waals surface area contributed by atoms with Crippen molar-refractivity contribution in [2.45, 2.75) is 26.7 Å². The van der Waals surface area contributed by atoms with Crippen molar-refractivity contribution in [3.8, 4) is 22.6 Å². The molecule has 2 aromatic carbocycles. The maximum absolute atomic E-state index is 12.7. The maximum Gasteiger partial charge on any atom is 0.341 e. The van der Waals surface area contributed by atoms with Gasteiger partial charge in [0.1, 0.15) is 22.1 Å². The molecule has 0 aliphatic rings. The molecule has 0 saturated heterocycles. The van der Waals surface area contributed by atoms with Crippen LogP contribution in [0, 0.1) is 0 Å². The Hall–Kier alpha value is -3.32. The molecule has 0 bridgehead atoms. The summed E-state index contributed by atoms with van der Waals surface area (Å²) in [5.41, 5.74) is 2.98. The minimum atomic E-state index is -0.486. The van der Waals surface area contributed by atoms with Gasteiger partial charge in [-0.15, -0.1) is 11.3 Å². The largest absolute Gasteiger partial charge is 0.497 e. The lowest BCUT2D eigenvalue weighted by Gasteiger charge is -2.11. The van der Waals surface area contributed by atoms with Crippen molar-refractivity contribution >= 4 is 28.2 Å². The van der Waals surface area contributed by atoms with Crippen molar-refractivity contribution in [1.29, 1.82) is 0 Å². The summed E-state index contributed by atoms with van der Waals surface area (Å²) >= 11 is 1.27. The summed E-state index contributed by atoms with van der Waals surface area (Å²) < 4.78 is 16.1. The normalized spacial score (nSPS) is 10.7. The highest BCUT2D eigenvalue weighted by molar-refractivity contribution is 7.15. The summed E-state index contributed by atoms with van der Waals surface area (Å²) in [5.74, 6) is 0.868. The van der Waals surface area contributed by atoms with Crippen LogP contribution in [-0.2, 0) is 9.53 Å². The molecular weight excluding hydrogens is 426 g/mol. The minimum absolute atomic E-state index is 0.167. The van der Waals surface area contributed by atoms with Crippen LogP contribution in [0.3, 0.4) is 0 Å². The molecule has 6 nitrogen and oxygen atoms in total. The van der Waals surface area contributed by atoms with Crippen molar-refractivity contribution in [2.24, 2.45) is 0 Å². The van der Waals surface area contributed by atoms with Gasteiger partial charge in [0.2, 0.25) is 0 Å². The lowest BCUT2D eigenvalue weighted by atomic mass is 10.0. The average Bonchev–Trinajstić information content (AvgIpc) is 3.21. The van der Waals surface area contributed by atoms with Gasteiger partial charge in [-0.05, 0) is 48.2 Å². The van der Waals surface area contributed by atoms with Crippen LogP contribution in [0.5, 0.6) is 11.5 Å². The van der Waals surface area contributed by atoms with Crippen LogP contribution >= 0.6 is 11.3 Å². The highest BCUT2D eigenvalue weighted by Crippen LogP contribution is 2.37. The molecule has 1 amide bonds. The minimum Gasteiger partial charge on any atom is -0.497 e. The number of hydrogen-bond acceptors (Lipinski definition) is 6. The Morgan fingerprint density at radius 2 is 1.81 bits per heavy atom. The van der Waals surface area contributed by atoms with Gasteiger partial charge in [-0.1, -0.05) is 38.1 Å². The van der Waals surface area contributed by atoms with Crippen molar-refractivity contribution < 1.29 is 23.8 Å². The van der Waals surface area contributed by atoms with Gasteiger partial charge in [0, 0.05) is 10.9 Å². The van der Waals surface area contributed by atoms with Gasteiger partial charge in [0.25, 0.3) is 5.91 Å². The van der Waals surface area contributed by atoms with Crippen molar-refractivity contribution in [3.63, 3.8) is 0 Å². The fraction of sp³-hybridized carbons (Fsp3) is 0.280. The molecule has 3 rings (SSSR count). The van der Waals surface area contributed by atoms with E-state index in [2.05, 4.69) is 19.2 Å². The van der Waals surface area contributed by atoms with Crippen LogP contribution in [0.25, 0.3) is 11.1 Å². The lowest BCUT2D eigenvalue weighted by Crippen LogP contribution is -2.21. The SMILES string of the molecule is CCOC(=O)c1c(-c2ccc(OC)cc2)csc1NC(=O)COc1cccc(C(C)C)c1. The van der Waals surface area contributed by atoms with E-state index in [0.717, 1.165) is 11.1 Å². The number of thiophene rings is 1. The molecule has 1 heterocycles. The number of ether oxygens (including phenoxy) is 3. The fourth-order valence-electron chi connectivity index (χ4n) is 3.11. The summed E-state index contributed by atoms with van der Waals surface area (Å²) in [6.07, 6.45) is 0. The zero-order valence-corrected chi connectivity index (χ0v) is 19.5. The Morgan fingerprint density at radius 1 is 1.06 bits per heavy atom. The van der Waals surface area contributed by atoms with E-state index in [1.165, 1.54) is 11.3 Å². The Balaban J connectivity index is 1.77. The quantitative estimate of drug-likeness (QED) is 0.418. The summed E-state index contributed by atoms with van der Waals surface area (Å²) in [6.45, 7) is 6.01. The Bertz CT molecular complexity index is 1070. The number of benzene rings is 2.